The van der Waals surface area contributed by atoms with E-state index in [1.165, 1.54) is 0 Å². The largest absolute Gasteiger partial charge is 0.383 e. The molecule has 3 atom stereocenters. The summed E-state index contributed by atoms with van der Waals surface area (Å²) >= 11 is 0. The second-order valence-corrected chi connectivity index (χ2v) is 4.51. The number of hydrogen-bond acceptors (Lipinski definition) is 4. The summed E-state index contributed by atoms with van der Waals surface area (Å²) in [6.07, 6.45) is 1.14. The number of morpholine rings is 1. The molecular formula is C11H20N2O3. The molecule has 0 aromatic heterocycles. The predicted molar refractivity (Wildman–Crippen MR) is 59.2 cm³/mol. The van der Waals surface area contributed by atoms with E-state index in [1.54, 1.807) is 14.2 Å². The van der Waals surface area contributed by atoms with Gasteiger partial charge >= 0.3 is 0 Å². The van der Waals surface area contributed by atoms with Crippen LogP contribution in [-0.2, 0) is 14.3 Å². The summed E-state index contributed by atoms with van der Waals surface area (Å²) in [5.41, 5.74) is 0. The Kier molecular flexibility index (Phi) is 3.78. The lowest BCUT2D eigenvalue weighted by Gasteiger charge is -2.32. The molecule has 2 rings (SSSR count). The van der Waals surface area contributed by atoms with Crippen molar-refractivity contribution in [3.63, 3.8) is 0 Å². The summed E-state index contributed by atoms with van der Waals surface area (Å²) in [7, 11) is 3.40. The quantitative estimate of drug-likeness (QED) is 0.702. The standard InChI is InChI=1S/C11H20N2O3/c1-12-11(14)9-5-8-6-13(3-4-15-2)7-10(9)16-8/h8-10H,3-7H2,1-2H3,(H,12,14)/t8-,9+,10+/m0/s1. The van der Waals surface area contributed by atoms with E-state index in [1.807, 2.05) is 0 Å². The van der Waals surface area contributed by atoms with Gasteiger partial charge in [-0.25, -0.2) is 0 Å². The Bertz CT molecular complexity index is 260. The van der Waals surface area contributed by atoms with E-state index in [2.05, 4.69) is 10.2 Å². The molecule has 16 heavy (non-hydrogen) atoms. The topological polar surface area (TPSA) is 50.8 Å². The zero-order chi connectivity index (χ0) is 11.5. The van der Waals surface area contributed by atoms with Crippen LogP contribution in [0, 0.1) is 5.92 Å². The lowest BCUT2D eigenvalue weighted by molar-refractivity contribution is -0.127. The number of nitrogens with zero attached hydrogens (tertiary/aromatic N) is 1. The molecule has 0 aliphatic carbocycles. The number of carbonyl (C=O) groups is 1. The summed E-state index contributed by atoms with van der Waals surface area (Å²) in [6, 6.07) is 0. The van der Waals surface area contributed by atoms with Crippen LogP contribution in [0.5, 0.6) is 0 Å². The van der Waals surface area contributed by atoms with E-state index in [0.29, 0.717) is 0 Å². The molecule has 2 fully saturated rings. The molecule has 0 saturated carbocycles. The van der Waals surface area contributed by atoms with Crippen molar-refractivity contribution < 1.29 is 14.3 Å². The van der Waals surface area contributed by atoms with E-state index >= 15 is 0 Å². The van der Waals surface area contributed by atoms with Gasteiger partial charge in [-0.15, -0.1) is 0 Å². The monoisotopic (exact) mass is 228 g/mol. The molecule has 92 valence electrons. The molecule has 1 N–H and O–H groups in total. The van der Waals surface area contributed by atoms with Gasteiger partial charge in [-0.05, 0) is 6.42 Å². The maximum absolute atomic E-state index is 11.6. The average Bonchev–Trinajstić information content (AvgIpc) is 2.61. The first kappa shape index (κ1) is 11.8. The fraction of sp³-hybridized carbons (Fsp3) is 0.909. The Morgan fingerprint density at radius 1 is 1.56 bits per heavy atom. The zero-order valence-corrected chi connectivity index (χ0v) is 9.94. The fourth-order valence-electron chi connectivity index (χ4n) is 2.60. The maximum Gasteiger partial charge on any atom is 0.225 e. The highest BCUT2D eigenvalue weighted by Crippen LogP contribution is 2.31. The lowest BCUT2D eigenvalue weighted by Crippen LogP contribution is -2.46. The first-order chi connectivity index (χ1) is 7.74. The second-order valence-electron chi connectivity index (χ2n) is 4.51. The lowest BCUT2D eigenvalue weighted by atomic mass is 10.00. The fourth-order valence-corrected chi connectivity index (χ4v) is 2.60. The van der Waals surface area contributed by atoms with Gasteiger partial charge in [0.1, 0.15) is 0 Å². The van der Waals surface area contributed by atoms with E-state index < -0.39 is 0 Å². The molecule has 5 nitrogen and oxygen atoms in total. The minimum atomic E-state index is 0.0301. The number of carbonyl (C=O) groups excluding carboxylic acids is 1. The van der Waals surface area contributed by atoms with Gasteiger partial charge in [0.25, 0.3) is 0 Å². The van der Waals surface area contributed by atoms with Gasteiger partial charge in [0, 0.05) is 33.8 Å². The highest BCUT2D eigenvalue weighted by atomic mass is 16.5. The van der Waals surface area contributed by atoms with E-state index in [9.17, 15) is 4.79 Å². The van der Waals surface area contributed by atoms with Crippen LogP contribution in [-0.4, -0.2) is 63.4 Å². The van der Waals surface area contributed by atoms with E-state index in [-0.39, 0.29) is 24.0 Å². The number of methoxy groups -OCH3 is 1. The van der Waals surface area contributed by atoms with Gasteiger partial charge < -0.3 is 14.8 Å². The van der Waals surface area contributed by atoms with Crippen LogP contribution in [0.3, 0.4) is 0 Å². The van der Waals surface area contributed by atoms with Crippen molar-refractivity contribution >= 4 is 5.91 Å². The van der Waals surface area contributed by atoms with Crippen LogP contribution in [0.2, 0.25) is 0 Å². The third kappa shape index (κ3) is 2.36. The Labute approximate surface area is 96.1 Å². The SMILES string of the molecule is CNC(=O)[C@@H]1C[C@H]2CN(CCOC)C[C@H]1O2. The zero-order valence-electron chi connectivity index (χ0n) is 9.94. The Balaban J connectivity index is 1.90. The first-order valence-electron chi connectivity index (χ1n) is 5.83. The third-order valence-corrected chi connectivity index (χ3v) is 3.43. The number of rotatable bonds is 4. The van der Waals surface area contributed by atoms with Crippen LogP contribution in [0.15, 0.2) is 0 Å². The maximum atomic E-state index is 11.6. The minimum absolute atomic E-state index is 0.0301. The minimum Gasteiger partial charge on any atom is -0.383 e. The van der Waals surface area contributed by atoms with Gasteiger partial charge in [-0.3, -0.25) is 9.69 Å². The summed E-state index contributed by atoms with van der Waals surface area (Å²) in [6.45, 7) is 3.43. The van der Waals surface area contributed by atoms with Crippen molar-refractivity contribution in [3.8, 4) is 0 Å². The molecule has 2 aliphatic heterocycles. The molecule has 2 bridgehead atoms. The van der Waals surface area contributed by atoms with Crippen molar-refractivity contribution in [2.45, 2.75) is 18.6 Å². The molecular weight excluding hydrogens is 208 g/mol. The Morgan fingerprint density at radius 3 is 3.06 bits per heavy atom. The van der Waals surface area contributed by atoms with Crippen molar-refractivity contribution in [2.75, 3.05) is 40.4 Å². The first-order valence-corrected chi connectivity index (χ1v) is 5.83. The Morgan fingerprint density at radius 2 is 2.38 bits per heavy atom. The number of ether oxygens (including phenoxy) is 2. The molecule has 0 aromatic carbocycles. The van der Waals surface area contributed by atoms with E-state index in [4.69, 9.17) is 9.47 Å². The summed E-state index contributed by atoms with van der Waals surface area (Å²) in [4.78, 5) is 14.0. The normalized spacial score (nSPS) is 34.0. The van der Waals surface area contributed by atoms with Gasteiger partial charge in [0.2, 0.25) is 5.91 Å². The number of amides is 1. The summed E-state index contributed by atoms with van der Waals surface area (Å²) in [5, 5.41) is 2.72. The van der Waals surface area contributed by atoms with Crippen LogP contribution in [0.25, 0.3) is 0 Å². The van der Waals surface area contributed by atoms with Crippen LogP contribution >= 0.6 is 0 Å². The predicted octanol–water partition coefficient (Wildman–Crippen LogP) is -0.532. The number of nitrogens with one attached hydrogen (secondary N) is 1. The van der Waals surface area contributed by atoms with E-state index in [0.717, 1.165) is 32.7 Å². The van der Waals surface area contributed by atoms with Crippen molar-refractivity contribution in [1.29, 1.82) is 0 Å². The highest BCUT2D eigenvalue weighted by Gasteiger charge is 2.44. The number of fused-ring (bicyclic) bond motifs is 2. The Hall–Kier alpha value is -0.650. The van der Waals surface area contributed by atoms with Gasteiger partial charge in [-0.1, -0.05) is 0 Å². The summed E-state index contributed by atoms with van der Waals surface area (Å²) in [5.74, 6) is 0.142. The van der Waals surface area contributed by atoms with Crippen LogP contribution in [0.4, 0.5) is 0 Å². The number of hydrogen-bond donors (Lipinski definition) is 1. The van der Waals surface area contributed by atoms with Crippen LogP contribution in [0.1, 0.15) is 6.42 Å². The molecule has 1 amide bonds. The molecule has 2 aliphatic rings. The molecule has 0 unspecified atom stereocenters. The molecule has 0 radical (unpaired) electrons. The average molecular weight is 228 g/mol. The van der Waals surface area contributed by atoms with Crippen molar-refractivity contribution in [2.24, 2.45) is 5.92 Å². The third-order valence-electron chi connectivity index (χ3n) is 3.43. The van der Waals surface area contributed by atoms with Gasteiger partial charge in [-0.2, -0.15) is 0 Å². The summed E-state index contributed by atoms with van der Waals surface area (Å²) < 4.78 is 10.9. The molecule has 5 heteroatoms. The number of likely N-dealkylation sites (tertiary alicyclic amines) is 1. The molecule has 0 aromatic rings. The molecule has 2 heterocycles. The smallest absolute Gasteiger partial charge is 0.225 e. The van der Waals surface area contributed by atoms with Crippen molar-refractivity contribution in [3.05, 3.63) is 0 Å². The molecule has 2 saturated heterocycles. The van der Waals surface area contributed by atoms with Gasteiger partial charge in [0.15, 0.2) is 0 Å². The van der Waals surface area contributed by atoms with Crippen molar-refractivity contribution in [1.82, 2.24) is 10.2 Å². The second kappa shape index (κ2) is 5.12. The van der Waals surface area contributed by atoms with Crippen LogP contribution < -0.4 is 5.32 Å². The molecule has 0 spiro atoms. The highest BCUT2D eigenvalue weighted by molar-refractivity contribution is 5.79. The van der Waals surface area contributed by atoms with Gasteiger partial charge in [0.05, 0.1) is 24.7 Å².